The smallest absolute Gasteiger partial charge is 0.475 e. The average molecular weight is 446 g/mol. The Kier molecular flexibility index (Phi) is 7.31. The lowest BCUT2D eigenvalue weighted by Gasteiger charge is -2.47. The van der Waals surface area contributed by atoms with Crippen molar-refractivity contribution in [3.8, 4) is 0 Å². The van der Waals surface area contributed by atoms with E-state index in [9.17, 15) is 18.0 Å². The van der Waals surface area contributed by atoms with Crippen molar-refractivity contribution in [3.05, 3.63) is 18.5 Å². The molecule has 3 aliphatic heterocycles. The second-order valence-electron chi connectivity index (χ2n) is 7.63. The van der Waals surface area contributed by atoms with Gasteiger partial charge in [-0.2, -0.15) is 13.2 Å². The Morgan fingerprint density at radius 1 is 1.13 bits per heavy atom. The molecule has 4 heterocycles. The number of carboxylic acid groups (broad SMARTS) is 1. The van der Waals surface area contributed by atoms with E-state index in [1.54, 1.807) is 12.4 Å². The van der Waals surface area contributed by atoms with Gasteiger partial charge >= 0.3 is 12.1 Å². The Morgan fingerprint density at radius 2 is 1.77 bits per heavy atom. The summed E-state index contributed by atoms with van der Waals surface area (Å²) in [5.41, 5.74) is -0.190. The first-order valence-corrected chi connectivity index (χ1v) is 10.1. The number of alkyl halides is 3. The number of aliphatic carboxylic acids is 1. The third kappa shape index (κ3) is 6.03. The lowest BCUT2D eigenvalue weighted by molar-refractivity contribution is -0.192. The predicted octanol–water partition coefficient (Wildman–Crippen LogP) is 1.49. The summed E-state index contributed by atoms with van der Waals surface area (Å²) in [6, 6.07) is 1.83. The molecule has 1 aromatic rings. The molecule has 31 heavy (non-hydrogen) atoms. The maximum atomic E-state index is 12.5. The fraction of sp³-hybridized carbons (Fsp3) is 0.684. The van der Waals surface area contributed by atoms with Crippen molar-refractivity contribution in [3.63, 3.8) is 0 Å². The lowest BCUT2D eigenvalue weighted by atomic mass is 9.89. The number of aromatic nitrogens is 2. The number of anilines is 1. The van der Waals surface area contributed by atoms with Gasteiger partial charge in [0.1, 0.15) is 6.10 Å². The number of ether oxygens (including phenoxy) is 2. The molecule has 0 saturated carbocycles. The fourth-order valence-electron chi connectivity index (χ4n) is 3.88. The van der Waals surface area contributed by atoms with Crippen molar-refractivity contribution in [2.24, 2.45) is 0 Å². The number of carbonyl (C=O) groups excluding carboxylic acids is 1. The largest absolute Gasteiger partial charge is 0.490 e. The maximum absolute atomic E-state index is 12.5. The van der Waals surface area contributed by atoms with E-state index in [1.165, 1.54) is 0 Å². The molecule has 3 saturated heterocycles. The Labute approximate surface area is 177 Å². The Balaban J connectivity index is 0.000000339. The molecule has 4 rings (SSSR count). The lowest BCUT2D eigenvalue weighted by Crippen LogP contribution is -2.58. The van der Waals surface area contributed by atoms with Crippen molar-refractivity contribution in [2.45, 2.75) is 43.6 Å². The Hall–Kier alpha value is -2.47. The highest BCUT2D eigenvalue weighted by Gasteiger charge is 2.42. The Bertz CT molecular complexity index is 751. The molecule has 0 aliphatic carbocycles. The molecular formula is C19H25F3N4O5. The van der Waals surface area contributed by atoms with Crippen molar-refractivity contribution >= 4 is 17.8 Å². The summed E-state index contributed by atoms with van der Waals surface area (Å²) < 4.78 is 43.4. The van der Waals surface area contributed by atoms with Gasteiger partial charge in [0.2, 0.25) is 5.95 Å². The van der Waals surface area contributed by atoms with Crippen LogP contribution in [-0.4, -0.2) is 89.1 Å². The van der Waals surface area contributed by atoms with Gasteiger partial charge in [0, 0.05) is 38.6 Å². The van der Waals surface area contributed by atoms with Gasteiger partial charge in [0.25, 0.3) is 5.91 Å². The molecule has 0 unspecified atom stereocenters. The van der Waals surface area contributed by atoms with Crippen LogP contribution in [0.3, 0.4) is 0 Å². The number of likely N-dealkylation sites (tertiary alicyclic amines) is 1. The van der Waals surface area contributed by atoms with Crippen LogP contribution in [-0.2, 0) is 19.1 Å². The van der Waals surface area contributed by atoms with Crippen LogP contribution in [0, 0.1) is 0 Å². The summed E-state index contributed by atoms with van der Waals surface area (Å²) in [5.74, 6) is -1.84. The number of piperidine rings is 1. The Morgan fingerprint density at radius 3 is 2.32 bits per heavy atom. The van der Waals surface area contributed by atoms with Gasteiger partial charge in [0.05, 0.1) is 18.8 Å². The normalized spacial score (nSPS) is 23.3. The van der Waals surface area contributed by atoms with Crippen LogP contribution < -0.4 is 4.90 Å². The highest BCUT2D eigenvalue weighted by atomic mass is 19.4. The molecule has 1 atom stereocenters. The zero-order valence-corrected chi connectivity index (χ0v) is 16.9. The molecule has 0 bridgehead atoms. The summed E-state index contributed by atoms with van der Waals surface area (Å²) in [6.07, 6.45) is 1.80. The van der Waals surface area contributed by atoms with Gasteiger partial charge in [-0.15, -0.1) is 0 Å². The topological polar surface area (TPSA) is 105 Å². The molecule has 12 heteroatoms. The highest BCUT2D eigenvalue weighted by Crippen LogP contribution is 2.32. The second-order valence-corrected chi connectivity index (χ2v) is 7.63. The van der Waals surface area contributed by atoms with E-state index in [0.717, 1.165) is 57.8 Å². The number of nitrogens with zero attached hydrogens (tertiary/aromatic N) is 4. The number of carbonyl (C=O) groups is 2. The van der Waals surface area contributed by atoms with E-state index in [2.05, 4.69) is 14.9 Å². The van der Waals surface area contributed by atoms with Gasteiger partial charge in [-0.25, -0.2) is 14.8 Å². The fourth-order valence-corrected chi connectivity index (χ4v) is 3.88. The van der Waals surface area contributed by atoms with Crippen LogP contribution in [0.4, 0.5) is 19.1 Å². The number of morpholine rings is 1. The van der Waals surface area contributed by atoms with Gasteiger partial charge in [-0.3, -0.25) is 4.79 Å². The summed E-state index contributed by atoms with van der Waals surface area (Å²) in [6.45, 7) is 4.47. The predicted molar refractivity (Wildman–Crippen MR) is 101 cm³/mol. The van der Waals surface area contributed by atoms with Crippen LogP contribution in [0.25, 0.3) is 0 Å². The molecule has 9 nitrogen and oxygen atoms in total. The summed E-state index contributed by atoms with van der Waals surface area (Å²) in [7, 11) is 0. The molecule has 3 fully saturated rings. The van der Waals surface area contributed by atoms with E-state index in [0.29, 0.717) is 13.2 Å². The van der Waals surface area contributed by atoms with E-state index in [-0.39, 0.29) is 17.6 Å². The summed E-state index contributed by atoms with van der Waals surface area (Å²) in [4.78, 5) is 34.2. The van der Waals surface area contributed by atoms with Crippen LogP contribution in [0.2, 0.25) is 0 Å². The van der Waals surface area contributed by atoms with Crippen molar-refractivity contribution in [1.82, 2.24) is 14.9 Å². The number of rotatable bonds is 2. The van der Waals surface area contributed by atoms with Crippen LogP contribution >= 0.6 is 0 Å². The standard InChI is InChI=1S/C17H24N4O3.C2HF3O2/c22-15(14-3-1-11-23-14)20-8-4-17(5-9-20)13-21(10-12-24-17)16-18-6-2-7-19-16;3-2(4,5)1(6)7/h2,6-7,14H,1,3-5,8-13H2;(H,6,7)/t14-;/m0./s1. The molecular weight excluding hydrogens is 421 g/mol. The minimum atomic E-state index is -5.08. The average Bonchev–Trinajstić information content (AvgIpc) is 3.29. The monoisotopic (exact) mass is 446 g/mol. The van der Waals surface area contributed by atoms with Gasteiger partial charge in [-0.1, -0.05) is 0 Å². The molecule has 1 N–H and O–H groups in total. The third-order valence-electron chi connectivity index (χ3n) is 5.52. The first kappa shape index (κ1) is 23.2. The van der Waals surface area contributed by atoms with E-state index < -0.39 is 12.1 Å². The molecule has 1 aromatic heterocycles. The van der Waals surface area contributed by atoms with E-state index in [1.807, 2.05) is 11.0 Å². The van der Waals surface area contributed by atoms with Crippen LogP contribution in [0.15, 0.2) is 18.5 Å². The summed E-state index contributed by atoms with van der Waals surface area (Å²) >= 11 is 0. The van der Waals surface area contributed by atoms with Crippen molar-refractivity contribution < 1.29 is 37.3 Å². The van der Waals surface area contributed by atoms with Crippen molar-refractivity contribution in [1.29, 1.82) is 0 Å². The van der Waals surface area contributed by atoms with E-state index in [4.69, 9.17) is 19.4 Å². The zero-order valence-electron chi connectivity index (χ0n) is 16.9. The van der Waals surface area contributed by atoms with Gasteiger partial charge in [-0.05, 0) is 31.7 Å². The number of amides is 1. The zero-order chi connectivity index (χ0) is 22.5. The second kappa shape index (κ2) is 9.77. The maximum Gasteiger partial charge on any atom is 0.490 e. The molecule has 0 aromatic carbocycles. The van der Waals surface area contributed by atoms with Crippen molar-refractivity contribution in [2.75, 3.05) is 44.3 Å². The highest BCUT2D eigenvalue weighted by molar-refractivity contribution is 5.81. The first-order chi connectivity index (χ1) is 14.7. The molecule has 172 valence electrons. The number of carboxylic acids is 1. The van der Waals surface area contributed by atoms with Gasteiger partial charge in [0.15, 0.2) is 0 Å². The summed E-state index contributed by atoms with van der Waals surface area (Å²) in [5, 5.41) is 7.12. The SMILES string of the molecule is O=C(O)C(F)(F)F.O=C([C@@H]1CCCO1)N1CCC2(CC1)CN(c1ncccn1)CCO2. The molecule has 0 radical (unpaired) electrons. The van der Waals surface area contributed by atoms with Crippen LogP contribution in [0.5, 0.6) is 0 Å². The molecule has 1 spiro atoms. The number of hydrogen-bond donors (Lipinski definition) is 1. The van der Waals surface area contributed by atoms with E-state index >= 15 is 0 Å². The molecule has 3 aliphatic rings. The van der Waals surface area contributed by atoms with Crippen LogP contribution in [0.1, 0.15) is 25.7 Å². The first-order valence-electron chi connectivity index (χ1n) is 10.1. The minimum Gasteiger partial charge on any atom is -0.475 e. The number of hydrogen-bond acceptors (Lipinski definition) is 7. The molecule has 1 amide bonds. The third-order valence-corrected chi connectivity index (χ3v) is 5.52. The van der Waals surface area contributed by atoms with Gasteiger partial charge < -0.3 is 24.4 Å². The minimum absolute atomic E-state index is 0.154. The quantitative estimate of drug-likeness (QED) is 0.729. The number of halogens is 3.